The molecule has 5 nitrogen and oxygen atoms in total. The summed E-state index contributed by atoms with van der Waals surface area (Å²) in [5.41, 5.74) is -0.128. The SMILES string of the molecule is CCCOCCCNc1cc(=O)[nH]c(C)n1. The molecular formula is C11H19N3O2. The summed E-state index contributed by atoms with van der Waals surface area (Å²) in [7, 11) is 0. The van der Waals surface area contributed by atoms with Crippen LogP contribution in [-0.2, 0) is 4.74 Å². The molecule has 5 heteroatoms. The molecule has 2 N–H and O–H groups in total. The van der Waals surface area contributed by atoms with Crippen molar-refractivity contribution in [3.8, 4) is 0 Å². The lowest BCUT2D eigenvalue weighted by atomic mass is 10.4. The van der Waals surface area contributed by atoms with Crippen molar-refractivity contribution in [3.63, 3.8) is 0 Å². The highest BCUT2D eigenvalue weighted by atomic mass is 16.5. The lowest BCUT2D eigenvalue weighted by molar-refractivity contribution is 0.134. The predicted molar refractivity (Wildman–Crippen MR) is 63.8 cm³/mol. The monoisotopic (exact) mass is 225 g/mol. The van der Waals surface area contributed by atoms with E-state index in [4.69, 9.17) is 4.74 Å². The Balaban J connectivity index is 2.24. The van der Waals surface area contributed by atoms with Crippen LogP contribution in [0, 0.1) is 6.92 Å². The minimum absolute atomic E-state index is 0.128. The van der Waals surface area contributed by atoms with Gasteiger partial charge in [-0.3, -0.25) is 4.79 Å². The number of H-pyrrole nitrogens is 1. The molecule has 0 aliphatic rings. The van der Waals surface area contributed by atoms with Gasteiger partial charge in [-0.25, -0.2) is 4.98 Å². The van der Waals surface area contributed by atoms with Gasteiger partial charge >= 0.3 is 0 Å². The van der Waals surface area contributed by atoms with Crippen molar-refractivity contribution >= 4 is 5.82 Å². The summed E-state index contributed by atoms with van der Waals surface area (Å²) in [4.78, 5) is 17.9. The molecule has 16 heavy (non-hydrogen) atoms. The average Bonchev–Trinajstić information content (AvgIpc) is 2.22. The smallest absolute Gasteiger partial charge is 0.252 e. The highest BCUT2D eigenvalue weighted by molar-refractivity contribution is 5.32. The molecule has 0 atom stereocenters. The average molecular weight is 225 g/mol. The molecular weight excluding hydrogens is 206 g/mol. The van der Waals surface area contributed by atoms with Gasteiger partial charge in [-0.1, -0.05) is 6.92 Å². The Morgan fingerprint density at radius 1 is 1.50 bits per heavy atom. The number of hydrogen-bond donors (Lipinski definition) is 2. The van der Waals surface area contributed by atoms with E-state index in [0.29, 0.717) is 11.6 Å². The van der Waals surface area contributed by atoms with Crippen molar-refractivity contribution in [1.29, 1.82) is 0 Å². The van der Waals surface area contributed by atoms with E-state index in [1.165, 1.54) is 6.07 Å². The number of aromatic amines is 1. The molecule has 0 fully saturated rings. The number of aromatic nitrogens is 2. The van der Waals surface area contributed by atoms with Crippen LogP contribution in [0.3, 0.4) is 0 Å². The maximum absolute atomic E-state index is 11.1. The fourth-order valence-corrected chi connectivity index (χ4v) is 1.31. The molecule has 0 radical (unpaired) electrons. The Kier molecular flexibility index (Phi) is 5.56. The van der Waals surface area contributed by atoms with Crippen LogP contribution in [0.4, 0.5) is 5.82 Å². The summed E-state index contributed by atoms with van der Waals surface area (Å²) >= 11 is 0. The van der Waals surface area contributed by atoms with E-state index in [0.717, 1.165) is 32.6 Å². The van der Waals surface area contributed by atoms with Gasteiger partial charge in [0.1, 0.15) is 11.6 Å². The molecule has 0 amide bonds. The van der Waals surface area contributed by atoms with E-state index in [1.807, 2.05) is 0 Å². The lowest BCUT2D eigenvalue weighted by Gasteiger charge is -2.06. The van der Waals surface area contributed by atoms with Crippen LogP contribution in [-0.4, -0.2) is 29.7 Å². The van der Waals surface area contributed by atoms with Crippen LogP contribution in [0.5, 0.6) is 0 Å². The van der Waals surface area contributed by atoms with Gasteiger partial charge in [0.25, 0.3) is 5.56 Å². The summed E-state index contributed by atoms with van der Waals surface area (Å²) < 4.78 is 5.34. The summed E-state index contributed by atoms with van der Waals surface area (Å²) in [6.07, 6.45) is 1.95. The Bertz CT molecular complexity index is 362. The van der Waals surface area contributed by atoms with E-state index in [9.17, 15) is 4.79 Å². The Labute approximate surface area is 95.3 Å². The first-order valence-electron chi connectivity index (χ1n) is 5.62. The molecule has 0 saturated carbocycles. The van der Waals surface area contributed by atoms with Gasteiger partial charge in [-0.15, -0.1) is 0 Å². The fourth-order valence-electron chi connectivity index (χ4n) is 1.31. The third-order valence-corrected chi connectivity index (χ3v) is 1.98. The zero-order valence-electron chi connectivity index (χ0n) is 9.88. The van der Waals surface area contributed by atoms with E-state index in [1.54, 1.807) is 6.92 Å². The van der Waals surface area contributed by atoms with Crippen molar-refractivity contribution in [2.45, 2.75) is 26.7 Å². The van der Waals surface area contributed by atoms with Crippen molar-refractivity contribution < 1.29 is 4.74 Å². The molecule has 1 aromatic heterocycles. The number of aryl methyl sites for hydroxylation is 1. The van der Waals surface area contributed by atoms with E-state index < -0.39 is 0 Å². The van der Waals surface area contributed by atoms with Crippen molar-refractivity contribution in [1.82, 2.24) is 9.97 Å². The molecule has 0 aromatic carbocycles. The maximum Gasteiger partial charge on any atom is 0.252 e. The minimum atomic E-state index is -0.128. The topological polar surface area (TPSA) is 67.0 Å². The molecule has 0 aliphatic heterocycles. The number of nitrogens with one attached hydrogen (secondary N) is 2. The van der Waals surface area contributed by atoms with Crippen LogP contribution < -0.4 is 10.9 Å². The maximum atomic E-state index is 11.1. The van der Waals surface area contributed by atoms with Crippen LogP contribution in [0.2, 0.25) is 0 Å². The molecule has 0 unspecified atom stereocenters. The lowest BCUT2D eigenvalue weighted by Crippen LogP contribution is -2.13. The molecule has 1 rings (SSSR count). The van der Waals surface area contributed by atoms with Crippen LogP contribution in [0.1, 0.15) is 25.6 Å². The van der Waals surface area contributed by atoms with Crippen molar-refractivity contribution in [3.05, 3.63) is 22.2 Å². The number of anilines is 1. The van der Waals surface area contributed by atoms with Gasteiger partial charge in [0, 0.05) is 25.8 Å². The van der Waals surface area contributed by atoms with E-state index in [2.05, 4.69) is 22.2 Å². The zero-order valence-corrected chi connectivity index (χ0v) is 9.88. The van der Waals surface area contributed by atoms with Gasteiger partial charge in [0.15, 0.2) is 0 Å². The Morgan fingerprint density at radius 2 is 2.31 bits per heavy atom. The highest BCUT2D eigenvalue weighted by Gasteiger charge is 1.96. The Morgan fingerprint density at radius 3 is 3.00 bits per heavy atom. The summed E-state index contributed by atoms with van der Waals surface area (Å²) in [5, 5.41) is 3.09. The van der Waals surface area contributed by atoms with Gasteiger partial charge in [0.05, 0.1) is 0 Å². The number of nitrogens with zero attached hydrogens (tertiary/aromatic N) is 1. The third kappa shape index (κ3) is 4.93. The second-order valence-corrected chi connectivity index (χ2v) is 3.61. The number of hydrogen-bond acceptors (Lipinski definition) is 4. The van der Waals surface area contributed by atoms with Crippen molar-refractivity contribution in [2.24, 2.45) is 0 Å². The number of rotatable bonds is 7. The van der Waals surface area contributed by atoms with Crippen molar-refractivity contribution in [2.75, 3.05) is 25.1 Å². The van der Waals surface area contributed by atoms with Crippen LogP contribution in [0.15, 0.2) is 10.9 Å². The van der Waals surface area contributed by atoms with Gasteiger partial charge in [0.2, 0.25) is 0 Å². The van der Waals surface area contributed by atoms with Crippen LogP contribution in [0.25, 0.3) is 0 Å². The largest absolute Gasteiger partial charge is 0.381 e. The minimum Gasteiger partial charge on any atom is -0.381 e. The predicted octanol–water partition coefficient (Wildman–Crippen LogP) is 1.31. The van der Waals surface area contributed by atoms with Gasteiger partial charge in [-0.2, -0.15) is 0 Å². The summed E-state index contributed by atoms with van der Waals surface area (Å²) in [6, 6.07) is 1.46. The molecule has 1 aromatic rings. The molecule has 0 saturated heterocycles. The summed E-state index contributed by atoms with van der Waals surface area (Å²) in [6.45, 7) is 6.16. The molecule has 1 heterocycles. The molecule has 90 valence electrons. The fraction of sp³-hybridized carbons (Fsp3) is 0.636. The van der Waals surface area contributed by atoms with E-state index in [-0.39, 0.29) is 5.56 Å². The first kappa shape index (κ1) is 12.7. The Hall–Kier alpha value is -1.36. The van der Waals surface area contributed by atoms with Crippen LogP contribution >= 0.6 is 0 Å². The highest BCUT2D eigenvalue weighted by Crippen LogP contribution is 1.97. The van der Waals surface area contributed by atoms with Gasteiger partial charge < -0.3 is 15.0 Å². The summed E-state index contributed by atoms with van der Waals surface area (Å²) in [5.74, 6) is 1.24. The molecule has 0 spiro atoms. The molecule has 0 aliphatic carbocycles. The zero-order chi connectivity index (χ0) is 11.8. The molecule has 0 bridgehead atoms. The first-order chi connectivity index (χ1) is 7.72. The van der Waals surface area contributed by atoms with Gasteiger partial charge in [-0.05, 0) is 19.8 Å². The second kappa shape index (κ2) is 7.00. The first-order valence-corrected chi connectivity index (χ1v) is 5.62. The standard InChI is InChI=1S/C11H19N3O2/c1-3-6-16-7-4-5-12-10-8-11(15)14-9(2)13-10/h8H,3-7H2,1-2H3,(H2,12,13,14,15). The normalized spacial score (nSPS) is 10.4. The third-order valence-electron chi connectivity index (χ3n) is 1.98. The quantitative estimate of drug-likeness (QED) is 0.686. The van der Waals surface area contributed by atoms with E-state index >= 15 is 0 Å². The number of ether oxygens (including phenoxy) is 1. The second-order valence-electron chi connectivity index (χ2n) is 3.61.